The normalized spacial score (nSPS) is 15.8. The van der Waals surface area contributed by atoms with Crippen molar-refractivity contribution in [1.82, 2.24) is 19.7 Å². The number of aromatic amines is 1. The van der Waals surface area contributed by atoms with E-state index in [1.54, 1.807) is 26.4 Å². The largest absolute Gasteiger partial charge is 0.493 e. The molecule has 0 bridgehead atoms. The summed E-state index contributed by atoms with van der Waals surface area (Å²) in [4.78, 5) is 26.2. The molecule has 1 unspecified atom stereocenters. The van der Waals surface area contributed by atoms with E-state index in [4.69, 9.17) is 9.47 Å². The van der Waals surface area contributed by atoms with Gasteiger partial charge in [-0.3, -0.25) is 14.7 Å². The van der Waals surface area contributed by atoms with E-state index in [1.165, 1.54) is 10.6 Å². The summed E-state index contributed by atoms with van der Waals surface area (Å²) in [5, 5.41) is 7.55. The van der Waals surface area contributed by atoms with Gasteiger partial charge < -0.3 is 18.9 Å². The lowest BCUT2D eigenvalue weighted by Gasteiger charge is -2.16. The molecule has 1 amide bonds. The molecule has 3 heterocycles. The van der Waals surface area contributed by atoms with E-state index in [9.17, 15) is 9.59 Å². The Morgan fingerprint density at radius 2 is 2.03 bits per heavy atom. The van der Waals surface area contributed by atoms with Gasteiger partial charge in [-0.05, 0) is 30.7 Å². The summed E-state index contributed by atoms with van der Waals surface area (Å²) in [7, 11) is 3.27. The van der Waals surface area contributed by atoms with Gasteiger partial charge in [0, 0.05) is 50.4 Å². The molecule has 0 radical (unpaired) electrons. The highest BCUT2D eigenvalue weighted by atomic mass is 16.5. The van der Waals surface area contributed by atoms with Crippen molar-refractivity contribution in [2.45, 2.75) is 18.8 Å². The minimum Gasteiger partial charge on any atom is -0.493 e. The van der Waals surface area contributed by atoms with Crippen LogP contribution in [0.4, 0.5) is 0 Å². The summed E-state index contributed by atoms with van der Waals surface area (Å²) in [6, 6.07) is 12.6. The highest BCUT2D eigenvalue weighted by Gasteiger charge is 2.29. The van der Waals surface area contributed by atoms with E-state index in [0.29, 0.717) is 43.2 Å². The van der Waals surface area contributed by atoms with E-state index in [2.05, 4.69) is 16.3 Å². The first kappa shape index (κ1) is 20.7. The van der Waals surface area contributed by atoms with Crippen LogP contribution in [0.3, 0.4) is 0 Å². The first-order chi connectivity index (χ1) is 15.0. The Kier molecular flexibility index (Phi) is 6.06. The molecule has 3 aromatic rings. The third-order valence-electron chi connectivity index (χ3n) is 5.58. The molecule has 1 atom stereocenters. The number of methoxy groups -OCH3 is 1. The lowest BCUT2D eigenvalue weighted by Crippen LogP contribution is -2.29. The Balaban J connectivity index is 1.32. The summed E-state index contributed by atoms with van der Waals surface area (Å²) in [5.74, 6) is 1.56. The number of H-pyrrole nitrogens is 1. The van der Waals surface area contributed by atoms with Crippen molar-refractivity contribution in [3.63, 3.8) is 0 Å². The highest BCUT2D eigenvalue weighted by molar-refractivity contribution is 5.94. The monoisotopic (exact) mass is 422 g/mol. The number of rotatable bonds is 7. The van der Waals surface area contributed by atoms with Gasteiger partial charge in [-0.1, -0.05) is 12.1 Å². The van der Waals surface area contributed by atoms with Crippen LogP contribution in [0.5, 0.6) is 11.5 Å². The molecule has 1 aromatic carbocycles. The summed E-state index contributed by atoms with van der Waals surface area (Å²) in [6.07, 6.45) is 3.14. The Morgan fingerprint density at radius 3 is 2.81 bits per heavy atom. The number of carbonyl (C=O) groups is 1. The third kappa shape index (κ3) is 4.63. The second-order valence-corrected chi connectivity index (χ2v) is 7.67. The smallest absolute Gasteiger partial charge is 0.255 e. The van der Waals surface area contributed by atoms with Gasteiger partial charge >= 0.3 is 0 Å². The Morgan fingerprint density at radius 1 is 1.23 bits per heavy atom. The molecule has 2 aromatic heterocycles. The van der Waals surface area contributed by atoms with Crippen molar-refractivity contribution in [3.05, 3.63) is 76.0 Å². The number of aromatic nitrogens is 3. The molecular formula is C23H26N4O4. The summed E-state index contributed by atoms with van der Waals surface area (Å²) < 4.78 is 12.6. The van der Waals surface area contributed by atoms with E-state index < -0.39 is 0 Å². The van der Waals surface area contributed by atoms with Gasteiger partial charge in [0.05, 0.1) is 25.0 Å². The maximum Gasteiger partial charge on any atom is 0.255 e. The van der Waals surface area contributed by atoms with Crippen LogP contribution in [-0.4, -0.2) is 52.4 Å². The van der Waals surface area contributed by atoms with Gasteiger partial charge in [0.15, 0.2) is 11.5 Å². The predicted octanol–water partition coefficient (Wildman–Crippen LogP) is 2.37. The molecule has 1 aliphatic rings. The number of hydrogen-bond donors (Lipinski definition) is 1. The quantitative estimate of drug-likeness (QED) is 0.631. The zero-order valence-corrected chi connectivity index (χ0v) is 17.7. The Labute approximate surface area is 180 Å². The molecule has 1 fully saturated rings. The van der Waals surface area contributed by atoms with Crippen molar-refractivity contribution < 1.29 is 14.3 Å². The fourth-order valence-corrected chi connectivity index (χ4v) is 3.81. The standard InChI is InChI=1S/C23H26N4O4/c1-26-14-17(7-8-22(26)28)23(29)27-11-9-16(15-27)19-13-18(24-25-19)10-12-31-21-6-4-3-5-20(21)30-2/h3-8,13-14,16H,9-12,15H2,1-2H3,(H,24,25). The molecule has 1 aliphatic heterocycles. The number of aryl methyl sites for hydroxylation is 1. The number of nitrogens with zero attached hydrogens (tertiary/aromatic N) is 3. The fourth-order valence-electron chi connectivity index (χ4n) is 3.81. The van der Waals surface area contributed by atoms with Crippen LogP contribution in [-0.2, 0) is 13.5 Å². The van der Waals surface area contributed by atoms with Gasteiger partial charge in [0.25, 0.3) is 5.91 Å². The van der Waals surface area contributed by atoms with Crippen molar-refractivity contribution in [3.8, 4) is 11.5 Å². The molecule has 8 nitrogen and oxygen atoms in total. The second kappa shape index (κ2) is 9.07. The molecule has 0 saturated carbocycles. The number of ether oxygens (including phenoxy) is 2. The molecule has 0 spiro atoms. The number of para-hydroxylation sites is 2. The third-order valence-corrected chi connectivity index (χ3v) is 5.58. The number of likely N-dealkylation sites (tertiary alicyclic amines) is 1. The molecule has 31 heavy (non-hydrogen) atoms. The van der Waals surface area contributed by atoms with Crippen LogP contribution in [0.15, 0.2) is 53.5 Å². The number of carbonyl (C=O) groups excluding carboxylic acids is 1. The minimum atomic E-state index is -0.130. The van der Waals surface area contributed by atoms with Crippen molar-refractivity contribution in [1.29, 1.82) is 0 Å². The van der Waals surface area contributed by atoms with Gasteiger partial charge in [-0.15, -0.1) is 0 Å². The Bertz CT molecular complexity index is 1120. The summed E-state index contributed by atoms with van der Waals surface area (Å²) >= 11 is 0. The molecular weight excluding hydrogens is 396 g/mol. The van der Waals surface area contributed by atoms with Gasteiger partial charge in [0.1, 0.15) is 0 Å². The van der Waals surface area contributed by atoms with Crippen LogP contribution in [0.25, 0.3) is 0 Å². The second-order valence-electron chi connectivity index (χ2n) is 7.67. The zero-order chi connectivity index (χ0) is 21.8. The van der Waals surface area contributed by atoms with E-state index in [-0.39, 0.29) is 17.4 Å². The Hall–Kier alpha value is -3.55. The topological polar surface area (TPSA) is 89.4 Å². The SMILES string of the molecule is COc1ccccc1OCCc1cc(C2CCN(C(=O)c3ccc(=O)n(C)c3)C2)n[nH]1. The van der Waals surface area contributed by atoms with Crippen molar-refractivity contribution >= 4 is 5.91 Å². The van der Waals surface area contributed by atoms with Crippen LogP contribution >= 0.6 is 0 Å². The molecule has 0 aliphatic carbocycles. The zero-order valence-electron chi connectivity index (χ0n) is 17.7. The maximum atomic E-state index is 12.8. The average Bonchev–Trinajstić information content (AvgIpc) is 3.45. The van der Waals surface area contributed by atoms with Crippen LogP contribution in [0, 0.1) is 0 Å². The summed E-state index contributed by atoms with van der Waals surface area (Å²) in [5.41, 5.74) is 2.35. The van der Waals surface area contributed by atoms with Gasteiger partial charge in [-0.2, -0.15) is 5.10 Å². The lowest BCUT2D eigenvalue weighted by molar-refractivity contribution is 0.0789. The first-order valence-corrected chi connectivity index (χ1v) is 10.3. The van der Waals surface area contributed by atoms with Crippen LogP contribution in [0.1, 0.15) is 34.1 Å². The van der Waals surface area contributed by atoms with Gasteiger partial charge in [0.2, 0.25) is 5.56 Å². The van der Waals surface area contributed by atoms with Crippen molar-refractivity contribution in [2.24, 2.45) is 7.05 Å². The van der Waals surface area contributed by atoms with E-state index in [0.717, 1.165) is 17.8 Å². The fraction of sp³-hybridized carbons (Fsp3) is 0.348. The number of amides is 1. The molecule has 1 N–H and O–H groups in total. The lowest BCUT2D eigenvalue weighted by atomic mass is 10.0. The highest BCUT2D eigenvalue weighted by Crippen LogP contribution is 2.28. The molecule has 162 valence electrons. The van der Waals surface area contributed by atoms with Crippen LogP contribution < -0.4 is 15.0 Å². The van der Waals surface area contributed by atoms with E-state index >= 15 is 0 Å². The van der Waals surface area contributed by atoms with Crippen LogP contribution in [0.2, 0.25) is 0 Å². The number of hydrogen-bond acceptors (Lipinski definition) is 5. The molecule has 8 heteroatoms. The summed E-state index contributed by atoms with van der Waals surface area (Å²) in [6.45, 7) is 1.79. The molecule has 1 saturated heterocycles. The van der Waals surface area contributed by atoms with E-state index in [1.807, 2.05) is 29.2 Å². The maximum absolute atomic E-state index is 12.8. The van der Waals surface area contributed by atoms with Crippen molar-refractivity contribution in [2.75, 3.05) is 26.8 Å². The predicted molar refractivity (Wildman–Crippen MR) is 116 cm³/mol. The minimum absolute atomic E-state index is 0.0564. The number of nitrogens with one attached hydrogen (secondary N) is 1. The number of pyridine rings is 1. The first-order valence-electron chi connectivity index (χ1n) is 10.3. The molecule has 4 rings (SSSR count). The average molecular weight is 422 g/mol. The van der Waals surface area contributed by atoms with Gasteiger partial charge in [-0.25, -0.2) is 0 Å². The number of benzene rings is 1.